The number of benzene rings is 2. The number of carboxylic acid groups (broad SMARTS) is 1. The lowest BCUT2D eigenvalue weighted by Gasteiger charge is -2.15. The Balaban J connectivity index is 1.87. The first kappa shape index (κ1) is 21.8. The number of thiazole rings is 1. The Morgan fingerprint density at radius 2 is 1.97 bits per heavy atom. The van der Waals surface area contributed by atoms with Crippen LogP contribution in [-0.4, -0.2) is 41.0 Å². The molecule has 2 N–H and O–H groups in total. The van der Waals surface area contributed by atoms with Crippen LogP contribution in [-0.2, 0) is 9.59 Å². The molecule has 0 saturated heterocycles. The minimum absolute atomic E-state index is 0.0368. The van der Waals surface area contributed by atoms with Crippen molar-refractivity contribution in [3.05, 3.63) is 46.5 Å². The molecule has 2 aromatic carbocycles. The van der Waals surface area contributed by atoms with Gasteiger partial charge in [0.2, 0.25) is 11.0 Å². The van der Waals surface area contributed by atoms with Gasteiger partial charge in [0, 0.05) is 38.3 Å². The van der Waals surface area contributed by atoms with Crippen LogP contribution in [0.3, 0.4) is 0 Å². The number of non-ortho nitro benzene ring substituents is 1. The molecule has 3 rings (SSSR count). The number of fused-ring (bicyclic) bond motifs is 1. The maximum absolute atomic E-state index is 12.1. The van der Waals surface area contributed by atoms with Crippen molar-refractivity contribution >= 4 is 61.3 Å². The second-order valence-corrected chi connectivity index (χ2v) is 7.65. The highest BCUT2D eigenvalue weighted by molar-refractivity contribution is 7.21. The van der Waals surface area contributed by atoms with E-state index in [1.807, 2.05) is 19.0 Å². The molecule has 1 aromatic heterocycles. The predicted octanol–water partition coefficient (Wildman–Crippen LogP) is 4.49. The van der Waals surface area contributed by atoms with Gasteiger partial charge in [0.05, 0.1) is 27.2 Å². The molecule has 0 aliphatic heterocycles. The van der Waals surface area contributed by atoms with Gasteiger partial charge in [0.25, 0.3) is 5.69 Å². The first-order valence-electron chi connectivity index (χ1n) is 9.02. The van der Waals surface area contributed by atoms with Gasteiger partial charge in [-0.05, 0) is 24.3 Å². The number of nitro groups is 1. The molecule has 1 amide bonds. The monoisotopic (exact) mass is 442 g/mol. The summed E-state index contributed by atoms with van der Waals surface area (Å²) in [4.78, 5) is 39.4. The zero-order valence-electron chi connectivity index (χ0n) is 16.6. The molecule has 160 valence electrons. The summed E-state index contributed by atoms with van der Waals surface area (Å²) in [7, 11) is 3.68. The maximum Gasteiger partial charge on any atom is 0.303 e. The number of aromatic nitrogens is 1. The molecule has 0 aliphatic carbocycles. The Morgan fingerprint density at radius 3 is 2.65 bits per heavy atom. The van der Waals surface area contributed by atoms with Crippen molar-refractivity contribution in [1.29, 1.82) is 0 Å². The number of carbonyl (C=O) groups is 2. The number of azo groups is 1. The van der Waals surface area contributed by atoms with Crippen LogP contribution >= 0.6 is 11.3 Å². The number of nitrogens with one attached hydrogen (secondary N) is 1. The van der Waals surface area contributed by atoms with E-state index < -0.39 is 16.8 Å². The van der Waals surface area contributed by atoms with Crippen LogP contribution in [0.25, 0.3) is 10.2 Å². The number of rotatable bonds is 8. The van der Waals surface area contributed by atoms with Gasteiger partial charge < -0.3 is 15.3 Å². The zero-order chi connectivity index (χ0) is 22.5. The van der Waals surface area contributed by atoms with E-state index in [1.165, 1.54) is 12.1 Å². The van der Waals surface area contributed by atoms with Gasteiger partial charge in [0.15, 0.2) is 0 Å². The van der Waals surface area contributed by atoms with Crippen molar-refractivity contribution < 1.29 is 19.6 Å². The summed E-state index contributed by atoms with van der Waals surface area (Å²) in [6, 6.07) is 9.50. The van der Waals surface area contributed by atoms with Crippen molar-refractivity contribution in [2.24, 2.45) is 10.2 Å². The van der Waals surface area contributed by atoms with Crippen LogP contribution in [0.1, 0.15) is 12.8 Å². The molecule has 0 radical (unpaired) electrons. The fourth-order valence-corrected chi connectivity index (χ4v) is 3.40. The molecule has 12 heteroatoms. The molecule has 0 spiro atoms. The Hall–Kier alpha value is -3.93. The molecule has 11 nitrogen and oxygen atoms in total. The topological polar surface area (TPSA) is 150 Å². The lowest BCUT2D eigenvalue weighted by Crippen LogP contribution is -2.14. The van der Waals surface area contributed by atoms with Crippen LogP contribution in [0.15, 0.2) is 46.6 Å². The Morgan fingerprint density at radius 1 is 1.19 bits per heavy atom. The number of anilines is 2. The van der Waals surface area contributed by atoms with E-state index in [9.17, 15) is 19.7 Å². The van der Waals surface area contributed by atoms with Crippen LogP contribution in [0.5, 0.6) is 0 Å². The molecule has 0 saturated carbocycles. The van der Waals surface area contributed by atoms with Gasteiger partial charge in [-0.15, -0.1) is 10.2 Å². The van der Waals surface area contributed by atoms with Gasteiger partial charge in [-0.1, -0.05) is 11.3 Å². The van der Waals surface area contributed by atoms with E-state index >= 15 is 0 Å². The largest absolute Gasteiger partial charge is 0.481 e. The van der Waals surface area contributed by atoms with Crippen LogP contribution in [0.2, 0.25) is 0 Å². The molecule has 3 aromatic rings. The highest BCUT2D eigenvalue weighted by Crippen LogP contribution is 2.34. The Bertz CT molecular complexity index is 1190. The summed E-state index contributed by atoms with van der Waals surface area (Å²) in [5.41, 5.74) is 2.07. The van der Waals surface area contributed by atoms with E-state index in [4.69, 9.17) is 5.11 Å². The molecule has 0 atom stereocenters. The summed E-state index contributed by atoms with van der Waals surface area (Å²) in [6.07, 6.45) is -0.456. The third-order valence-electron chi connectivity index (χ3n) is 4.15. The minimum atomic E-state index is -1.06. The summed E-state index contributed by atoms with van der Waals surface area (Å²) in [5.74, 6) is -1.52. The van der Waals surface area contributed by atoms with E-state index in [0.717, 1.165) is 17.0 Å². The average molecular weight is 442 g/mol. The summed E-state index contributed by atoms with van der Waals surface area (Å²) >= 11 is 1.15. The van der Waals surface area contributed by atoms with Gasteiger partial charge >= 0.3 is 5.97 Å². The third-order valence-corrected chi connectivity index (χ3v) is 5.05. The first-order chi connectivity index (χ1) is 14.7. The minimum Gasteiger partial charge on any atom is -0.481 e. The molecular formula is C19H18N6O5S. The van der Waals surface area contributed by atoms with E-state index in [1.54, 1.807) is 24.3 Å². The molecule has 0 aliphatic rings. The number of carbonyl (C=O) groups excluding carboxylic acids is 1. The predicted molar refractivity (Wildman–Crippen MR) is 117 cm³/mol. The fraction of sp³-hybridized carbons (Fsp3) is 0.211. The summed E-state index contributed by atoms with van der Waals surface area (Å²) < 4.78 is 0.605. The van der Waals surface area contributed by atoms with Crippen LogP contribution in [0.4, 0.5) is 27.9 Å². The number of hydrogen-bond acceptors (Lipinski definition) is 9. The average Bonchev–Trinajstić information content (AvgIpc) is 3.13. The van der Waals surface area contributed by atoms with Crippen LogP contribution in [0, 0.1) is 10.1 Å². The third kappa shape index (κ3) is 5.57. The number of aliphatic carboxylic acids is 1. The van der Waals surface area contributed by atoms with E-state index in [0.29, 0.717) is 26.7 Å². The SMILES string of the molecule is CN(C)c1ccc(N=Nc2nc3ccc([N+](=O)[O-])cc3s2)c(NC(=O)CCC(=O)O)c1. The first-order valence-corrected chi connectivity index (χ1v) is 9.84. The summed E-state index contributed by atoms with van der Waals surface area (Å²) in [6.45, 7) is 0. The lowest BCUT2D eigenvalue weighted by atomic mass is 10.2. The van der Waals surface area contributed by atoms with E-state index in [-0.39, 0.29) is 18.5 Å². The molecular weight excluding hydrogens is 424 g/mol. The number of nitrogens with zero attached hydrogens (tertiary/aromatic N) is 5. The number of amides is 1. The number of hydrogen-bond donors (Lipinski definition) is 2. The second kappa shape index (κ2) is 9.26. The van der Waals surface area contributed by atoms with Crippen molar-refractivity contribution in [2.75, 3.05) is 24.3 Å². The zero-order valence-corrected chi connectivity index (χ0v) is 17.4. The highest BCUT2D eigenvalue weighted by Gasteiger charge is 2.12. The van der Waals surface area contributed by atoms with Gasteiger partial charge in [0.1, 0.15) is 5.69 Å². The number of carboxylic acids is 1. The van der Waals surface area contributed by atoms with Gasteiger partial charge in [-0.3, -0.25) is 19.7 Å². The lowest BCUT2D eigenvalue weighted by molar-refractivity contribution is -0.384. The highest BCUT2D eigenvalue weighted by atomic mass is 32.1. The summed E-state index contributed by atoms with van der Waals surface area (Å²) in [5, 5.41) is 30.9. The Labute approximate surface area is 180 Å². The van der Waals surface area contributed by atoms with Gasteiger partial charge in [-0.2, -0.15) is 0 Å². The Kier molecular flexibility index (Phi) is 6.50. The fourth-order valence-electron chi connectivity index (χ4n) is 2.58. The second-order valence-electron chi connectivity index (χ2n) is 6.64. The standard InChI is InChI=1S/C19H18N6O5S/c1-24(2)11-3-5-13(15(9-11)20-17(26)7-8-18(27)28)22-23-19-21-14-6-4-12(25(29)30)10-16(14)31-19/h3-6,9-10H,7-8H2,1-2H3,(H,20,26)(H,27,28). The van der Waals surface area contributed by atoms with Crippen molar-refractivity contribution in [3.63, 3.8) is 0 Å². The molecule has 0 bridgehead atoms. The molecule has 1 heterocycles. The van der Waals surface area contributed by atoms with Gasteiger partial charge in [-0.25, -0.2) is 4.98 Å². The molecule has 0 fully saturated rings. The molecule has 0 unspecified atom stereocenters. The maximum atomic E-state index is 12.1. The van der Waals surface area contributed by atoms with E-state index in [2.05, 4.69) is 20.5 Å². The van der Waals surface area contributed by atoms with Crippen molar-refractivity contribution in [1.82, 2.24) is 4.98 Å². The normalized spacial score (nSPS) is 11.0. The molecule has 31 heavy (non-hydrogen) atoms. The quantitative estimate of drug-likeness (QED) is 0.296. The number of nitro benzene ring substituents is 1. The van der Waals surface area contributed by atoms with Crippen molar-refractivity contribution in [3.8, 4) is 0 Å². The smallest absolute Gasteiger partial charge is 0.303 e. The van der Waals surface area contributed by atoms with Crippen LogP contribution < -0.4 is 10.2 Å². The van der Waals surface area contributed by atoms with Crippen molar-refractivity contribution in [2.45, 2.75) is 12.8 Å².